The molecule has 1 fully saturated rings. The van der Waals surface area contributed by atoms with Crippen molar-refractivity contribution in [2.45, 2.75) is 130 Å². The van der Waals surface area contributed by atoms with Crippen LogP contribution in [0.1, 0.15) is 92.9 Å². The molecule has 0 aromatic rings. The molecule has 6 atom stereocenters. The van der Waals surface area contributed by atoms with E-state index in [-0.39, 0.29) is 25.7 Å². The number of carbonyl (C=O) groups excluding carboxylic acids is 6. The Morgan fingerprint density at radius 3 is 1.56 bits per heavy atom. The van der Waals surface area contributed by atoms with Gasteiger partial charge in [0.2, 0.25) is 6.29 Å². The van der Waals surface area contributed by atoms with Gasteiger partial charge in [0.1, 0.15) is 12.7 Å². The number of phosphoric acid groups is 1. The maximum absolute atomic E-state index is 13.1. The maximum Gasteiger partial charge on any atom is 0.480 e. The van der Waals surface area contributed by atoms with E-state index in [1.165, 1.54) is 0 Å². The molecule has 18 heteroatoms. The highest BCUT2D eigenvalue weighted by atomic mass is 31.2. The Morgan fingerprint density at radius 1 is 0.689 bits per heavy atom. The highest BCUT2D eigenvalue weighted by molar-refractivity contribution is 7.47. The molecule has 1 heterocycles. The Kier molecular flexibility index (Phi) is 17.8. The number of hydrogen-bond acceptors (Lipinski definition) is 16. The van der Waals surface area contributed by atoms with Crippen LogP contribution in [0.25, 0.3) is 0 Å². The molecule has 0 radical (unpaired) electrons. The average molecular weight is 671 g/mol. The molecule has 1 N–H and O–H groups in total. The van der Waals surface area contributed by atoms with Gasteiger partial charge in [-0.25, -0.2) is 9.09 Å². The van der Waals surface area contributed by atoms with Crippen LogP contribution in [0.15, 0.2) is 0 Å². The van der Waals surface area contributed by atoms with Gasteiger partial charge in [-0.3, -0.25) is 33.3 Å². The topological polar surface area (TPSA) is 223 Å². The van der Waals surface area contributed by atoms with Crippen molar-refractivity contribution in [2.75, 3.05) is 6.61 Å². The molecular formula is C27H43O17P. The summed E-state index contributed by atoms with van der Waals surface area (Å²) in [6, 6.07) is 0. The van der Waals surface area contributed by atoms with Crippen molar-refractivity contribution in [1.82, 2.24) is 0 Å². The molecule has 258 valence electrons. The summed E-state index contributed by atoms with van der Waals surface area (Å²) in [6.45, 7) is 5.64. The number of hydrogen-bond donors (Lipinski definition) is 1. The third-order valence-corrected chi connectivity index (χ3v) is 6.51. The molecule has 1 aliphatic rings. The molecular weight excluding hydrogens is 627 g/mol. The number of rotatable bonds is 19. The van der Waals surface area contributed by atoms with E-state index >= 15 is 0 Å². The molecule has 1 unspecified atom stereocenters. The van der Waals surface area contributed by atoms with Gasteiger partial charge in [-0.05, 0) is 25.7 Å². The van der Waals surface area contributed by atoms with E-state index in [1.54, 1.807) is 27.7 Å². The predicted octanol–water partition coefficient (Wildman–Crippen LogP) is 2.73. The van der Waals surface area contributed by atoms with Crippen molar-refractivity contribution in [2.24, 2.45) is 0 Å². The summed E-state index contributed by atoms with van der Waals surface area (Å²) in [4.78, 5) is 83.6. The van der Waals surface area contributed by atoms with Gasteiger partial charge in [0.15, 0.2) is 18.3 Å². The first kappa shape index (κ1) is 39.9. The van der Waals surface area contributed by atoms with E-state index < -0.39 is 87.4 Å². The summed E-state index contributed by atoms with van der Waals surface area (Å²) in [5, 5.41) is 0. The summed E-state index contributed by atoms with van der Waals surface area (Å²) >= 11 is 0. The molecule has 1 saturated heterocycles. The minimum absolute atomic E-state index is 0.0203. The summed E-state index contributed by atoms with van der Waals surface area (Å²) in [6.07, 6.45) is -7.53. The minimum atomic E-state index is -5.46. The number of carbonyl (C=O) groups is 6. The number of esters is 6. The van der Waals surface area contributed by atoms with Gasteiger partial charge in [0.25, 0.3) is 0 Å². The Balaban J connectivity index is 3.64. The lowest BCUT2D eigenvalue weighted by Crippen LogP contribution is -2.63. The summed E-state index contributed by atoms with van der Waals surface area (Å²) in [5.41, 5.74) is 0. The van der Waals surface area contributed by atoms with Crippen LogP contribution < -0.4 is 0 Å². The number of phosphoric ester groups is 1. The second-order valence-electron chi connectivity index (χ2n) is 9.78. The van der Waals surface area contributed by atoms with E-state index in [9.17, 15) is 38.2 Å². The second kappa shape index (κ2) is 20.1. The van der Waals surface area contributed by atoms with Crippen LogP contribution in [0.3, 0.4) is 0 Å². The van der Waals surface area contributed by atoms with Crippen LogP contribution in [0.5, 0.6) is 0 Å². The zero-order chi connectivity index (χ0) is 34.2. The molecule has 0 spiro atoms. The van der Waals surface area contributed by atoms with Crippen molar-refractivity contribution in [1.29, 1.82) is 0 Å². The van der Waals surface area contributed by atoms with E-state index in [0.29, 0.717) is 25.7 Å². The van der Waals surface area contributed by atoms with E-state index in [0.717, 1.165) is 13.8 Å². The zero-order valence-corrected chi connectivity index (χ0v) is 27.1. The monoisotopic (exact) mass is 670 g/mol. The van der Waals surface area contributed by atoms with E-state index in [4.69, 9.17) is 32.7 Å². The van der Waals surface area contributed by atoms with Gasteiger partial charge in [0.05, 0.1) is 0 Å². The highest BCUT2D eigenvalue weighted by Crippen LogP contribution is 2.49. The van der Waals surface area contributed by atoms with Gasteiger partial charge in [0, 0.05) is 39.5 Å². The van der Waals surface area contributed by atoms with Crippen molar-refractivity contribution < 1.29 is 80.4 Å². The third-order valence-electron chi connectivity index (χ3n) is 5.60. The first-order chi connectivity index (χ1) is 21.2. The summed E-state index contributed by atoms with van der Waals surface area (Å²) in [7, 11) is -5.46. The van der Waals surface area contributed by atoms with Gasteiger partial charge in [-0.15, -0.1) is 0 Å². The van der Waals surface area contributed by atoms with Crippen LogP contribution in [0, 0.1) is 0 Å². The Labute approximate surface area is 261 Å². The Morgan fingerprint density at radius 2 is 1.11 bits per heavy atom. The second-order valence-corrected chi connectivity index (χ2v) is 11.1. The normalized spacial score (nSPS) is 22.4. The van der Waals surface area contributed by atoms with E-state index in [2.05, 4.69) is 9.47 Å². The summed E-state index contributed by atoms with van der Waals surface area (Å²) < 4.78 is 59.8. The molecule has 0 aromatic heterocycles. The minimum Gasteiger partial charge on any atom is -0.463 e. The smallest absolute Gasteiger partial charge is 0.463 e. The van der Waals surface area contributed by atoms with Crippen LogP contribution in [-0.4, -0.2) is 84.5 Å². The average Bonchev–Trinajstić information content (AvgIpc) is 2.90. The predicted molar refractivity (Wildman–Crippen MR) is 148 cm³/mol. The fourth-order valence-corrected chi connectivity index (χ4v) is 4.58. The Hall–Kier alpha value is -3.11. The van der Waals surface area contributed by atoms with Crippen LogP contribution >= 0.6 is 7.82 Å². The van der Waals surface area contributed by atoms with Crippen molar-refractivity contribution in [3.63, 3.8) is 0 Å². The maximum atomic E-state index is 13.1. The molecule has 0 bridgehead atoms. The fourth-order valence-electron chi connectivity index (χ4n) is 3.80. The lowest BCUT2D eigenvalue weighted by molar-refractivity contribution is -0.296. The van der Waals surface area contributed by atoms with Crippen molar-refractivity contribution in [3.05, 3.63) is 0 Å². The molecule has 0 amide bonds. The van der Waals surface area contributed by atoms with Gasteiger partial charge < -0.3 is 38.1 Å². The van der Waals surface area contributed by atoms with Crippen LogP contribution in [0.2, 0.25) is 0 Å². The zero-order valence-electron chi connectivity index (χ0n) is 26.3. The molecule has 0 aliphatic carbocycles. The Bertz CT molecular complexity index is 1050. The lowest BCUT2D eigenvalue weighted by atomic mass is 9.98. The largest absolute Gasteiger partial charge is 0.480 e. The van der Waals surface area contributed by atoms with Gasteiger partial charge in [-0.2, -0.15) is 0 Å². The molecule has 0 saturated carbocycles. The van der Waals surface area contributed by atoms with E-state index in [1.807, 2.05) is 0 Å². The van der Waals surface area contributed by atoms with Crippen LogP contribution in [0.4, 0.5) is 0 Å². The quantitative estimate of drug-likeness (QED) is 0.0902. The lowest BCUT2D eigenvalue weighted by Gasteiger charge is -2.44. The highest BCUT2D eigenvalue weighted by Gasteiger charge is 2.55. The molecule has 45 heavy (non-hydrogen) atoms. The molecule has 1 rings (SSSR count). The molecule has 17 nitrogen and oxygen atoms in total. The molecule has 0 aromatic carbocycles. The standard InChI is InChI=1S/C27H43O17P/c1-7-11-19(30)36-15-18-23(40-20(31)12-8-2)24(41-21(32)13-9-3)25(42-22(33)14-10-4)26(39-18)43-45(34,35)44-27(37-16(5)28)38-17(6)29/h18,23-27H,7-15H2,1-6H3,(H,34,35)/t18-,23-,24+,25+,26-/m1/s1. The van der Waals surface area contributed by atoms with Crippen molar-refractivity contribution in [3.8, 4) is 0 Å². The fraction of sp³-hybridized carbons (Fsp3) is 0.778. The first-order valence-electron chi connectivity index (χ1n) is 14.6. The van der Waals surface area contributed by atoms with Crippen LogP contribution in [-0.2, 0) is 75.5 Å². The SMILES string of the molecule is CCCC(=O)OC[C@H]1O[C@H](OP(=O)(O)OC(OC(C)=O)OC(C)=O)[C@@H](OC(=O)CCC)[C@@H](OC(=O)CCC)[C@@H]1OC(=O)CCC. The van der Waals surface area contributed by atoms with Gasteiger partial charge in [-0.1, -0.05) is 27.7 Å². The number of ether oxygens (including phenoxy) is 7. The molecule has 1 aliphatic heterocycles. The summed E-state index contributed by atoms with van der Waals surface area (Å²) in [5.74, 6) is -5.21. The van der Waals surface area contributed by atoms with Gasteiger partial charge >= 0.3 is 50.1 Å². The van der Waals surface area contributed by atoms with Crippen molar-refractivity contribution >= 4 is 43.6 Å². The first-order valence-corrected chi connectivity index (χ1v) is 16.1. The third kappa shape index (κ3) is 15.2.